The van der Waals surface area contributed by atoms with Crippen LogP contribution < -0.4 is 0 Å². The van der Waals surface area contributed by atoms with E-state index in [9.17, 15) is 18.0 Å². The Morgan fingerprint density at radius 2 is 1.75 bits per heavy atom. The van der Waals surface area contributed by atoms with E-state index < -0.39 is 15.8 Å². The lowest BCUT2D eigenvalue weighted by Crippen LogP contribution is -2.30. The van der Waals surface area contributed by atoms with Gasteiger partial charge in [0.05, 0.1) is 11.3 Å². The average molecular weight is 422 g/mol. The van der Waals surface area contributed by atoms with E-state index in [4.69, 9.17) is 4.74 Å². The van der Waals surface area contributed by atoms with Crippen LogP contribution in [0.1, 0.15) is 21.5 Å². The van der Waals surface area contributed by atoms with Gasteiger partial charge < -0.3 is 9.64 Å². The molecule has 0 saturated carbocycles. The lowest BCUT2D eigenvalue weighted by atomic mass is 10.1. The van der Waals surface area contributed by atoms with E-state index in [1.807, 2.05) is 30.5 Å². The van der Waals surface area contributed by atoms with Crippen LogP contribution in [0.25, 0.3) is 0 Å². The molecule has 0 radical (unpaired) electrons. The highest BCUT2D eigenvalue weighted by molar-refractivity contribution is 7.98. The fourth-order valence-electron chi connectivity index (χ4n) is 2.50. The zero-order valence-corrected chi connectivity index (χ0v) is 17.7. The number of esters is 1. The van der Waals surface area contributed by atoms with E-state index in [0.717, 1.165) is 16.7 Å². The fraction of sp³-hybridized carbons (Fsp3) is 0.300. The van der Waals surface area contributed by atoms with Crippen molar-refractivity contribution in [3.63, 3.8) is 0 Å². The van der Waals surface area contributed by atoms with Gasteiger partial charge in [-0.15, -0.1) is 11.8 Å². The molecule has 0 unspecified atom stereocenters. The Balaban J connectivity index is 1.90. The topological polar surface area (TPSA) is 80.8 Å². The van der Waals surface area contributed by atoms with Gasteiger partial charge in [-0.3, -0.25) is 4.79 Å². The third kappa shape index (κ3) is 7.01. The van der Waals surface area contributed by atoms with Crippen LogP contribution in [0.5, 0.6) is 0 Å². The summed E-state index contributed by atoms with van der Waals surface area (Å²) in [5, 5.41) is 0. The molecule has 150 valence electrons. The molecule has 0 aliphatic heterocycles. The van der Waals surface area contributed by atoms with E-state index >= 15 is 0 Å². The molecule has 0 spiro atoms. The smallest absolute Gasteiger partial charge is 0.338 e. The highest BCUT2D eigenvalue weighted by Gasteiger charge is 2.15. The number of likely N-dealkylation sites (N-methyl/N-ethyl adjacent to an activating group) is 1. The number of rotatable bonds is 8. The molecule has 2 aromatic rings. The van der Waals surface area contributed by atoms with Crippen molar-refractivity contribution in [2.24, 2.45) is 0 Å². The fourth-order valence-corrected chi connectivity index (χ4v) is 3.70. The Hall–Kier alpha value is -2.32. The first-order chi connectivity index (χ1) is 13.2. The minimum atomic E-state index is -3.21. The van der Waals surface area contributed by atoms with E-state index in [0.29, 0.717) is 12.1 Å². The van der Waals surface area contributed by atoms with Crippen molar-refractivity contribution in [1.29, 1.82) is 0 Å². The standard InChI is InChI=1S/C20H23NO5S2/c1-21(12-15-7-9-18(27-2)10-8-15)19(22)13-26-20(23)17-6-4-5-16(11-17)14-28(3,24)25/h4-11H,12-14H2,1-3H3. The van der Waals surface area contributed by atoms with Crippen LogP contribution in [0.2, 0.25) is 0 Å². The first kappa shape index (κ1) is 22.0. The average Bonchev–Trinajstić information content (AvgIpc) is 2.65. The Bertz CT molecular complexity index is 939. The highest BCUT2D eigenvalue weighted by Crippen LogP contribution is 2.16. The molecule has 0 aromatic heterocycles. The van der Waals surface area contributed by atoms with Crippen molar-refractivity contribution in [3.05, 3.63) is 65.2 Å². The summed E-state index contributed by atoms with van der Waals surface area (Å²) in [6.45, 7) is 0.0312. The van der Waals surface area contributed by atoms with E-state index in [-0.39, 0.29) is 23.8 Å². The molecule has 8 heteroatoms. The Kier molecular flexibility index (Phi) is 7.65. The molecule has 0 heterocycles. The van der Waals surface area contributed by atoms with Crippen molar-refractivity contribution in [1.82, 2.24) is 4.90 Å². The normalized spacial score (nSPS) is 11.1. The van der Waals surface area contributed by atoms with Crippen molar-refractivity contribution >= 4 is 33.5 Å². The van der Waals surface area contributed by atoms with Crippen molar-refractivity contribution in [2.75, 3.05) is 26.2 Å². The Labute approximate surface area is 169 Å². The first-order valence-corrected chi connectivity index (χ1v) is 11.8. The molecule has 1 amide bonds. The van der Waals surface area contributed by atoms with Gasteiger partial charge in [0.15, 0.2) is 16.4 Å². The second kappa shape index (κ2) is 9.75. The lowest BCUT2D eigenvalue weighted by Gasteiger charge is -2.17. The van der Waals surface area contributed by atoms with Gasteiger partial charge in [-0.25, -0.2) is 13.2 Å². The largest absolute Gasteiger partial charge is 0.452 e. The van der Waals surface area contributed by atoms with E-state index in [1.165, 1.54) is 17.0 Å². The molecule has 2 aromatic carbocycles. The van der Waals surface area contributed by atoms with E-state index in [2.05, 4.69) is 0 Å². The number of amides is 1. The predicted octanol–water partition coefficient (Wildman–Crippen LogP) is 2.77. The van der Waals surface area contributed by atoms with Crippen LogP contribution in [0.4, 0.5) is 0 Å². The van der Waals surface area contributed by atoms with Gasteiger partial charge in [-0.1, -0.05) is 24.3 Å². The van der Waals surface area contributed by atoms with Crippen LogP contribution in [0.15, 0.2) is 53.4 Å². The number of hydrogen-bond acceptors (Lipinski definition) is 6. The zero-order chi connectivity index (χ0) is 20.7. The summed E-state index contributed by atoms with van der Waals surface area (Å²) in [5.74, 6) is -1.15. The van der Waals surface area contributed by atoms with Gasteiger partial charge in [-0.05, 0) is 41.6 Å². The maximum Gasteiger partial charge on any atom is 0.338 e. The maximum atomic E-state index is 12.2. The van der Waals surface area contributed by atoms with Gasteiger partial charge >= 0.3 is 5.97 Å². The van der Waals surface area contributed by atoms with Gasteiger partial charge in [0.25, 0.3) is 5.91 Å². The molecule has 28 heavy (non-hydrogen) atoms. The van der Waals surface area contributed by atoms with Crippen LogP contribution in [0, 0.1) is 0 Å². The number of hydrogen-bond donors (Lipinski definition) is 0. The quantitative estimate of drug-likeness (QED) is 0.482. The number of carbonyl (C=O) groups is 2. The number of nitrogens with zero attached hydrogens (tertiary/aromatic N) is 1. The predicted molar refractivity (Wildman–Crippen MR) is 110 cm³/mol. The Morgan fingerprint density at radius 3 is 2.36 bits per heavy atom. The van der Waals surface area contributed by atoms with Crippen LogP contribution in [0.3, 0.4) is 0 Å². The van der Waals surface area contributed by atoms with Crippen LogP contribution in [-0.4, -0.2) is 51.4 Å². The summed E-state index contributed by atoms with van der Waals surface area (Å²) in [4.78, 5) is 27.0. The number of thioether (sulfide) groups is 1. The summed E-state index contributed by atoms with van der Waals surface area (Å²) >= 11 is 1.64. The molecule has 0 saturated heterocycles. The number of sulfone groups is 1. The number of ether oxygens (including phenoxy) is 1. The van der Waals surface area contributed by atoms with Gasteiger partial charge in [-0.2, -0.15) is 0 Å². The molecule has 0 atom stereocenters. The monoisotopic (exact) mass is 421 g/mol. The molecule has 0 bridgehead atoms. The number of carbonyl (C=O) groups excluding carboxylic acids is 2. The van der Waals surface area contributed by atoms with Crippen molar-refractivity contribution in [3.8, 4) is 0 Å². The maximum absolute atomic E-state index is 12.2. The zero-order valence-electron chi connectivity index (χ0n) is 16.0. The molecule has 0 aliphatic carbocycles. The third-order valence-electron chi connectivity index (χ3n) is 3.92. The third-order valence-corrected chi connectivity index (χ3v) is 5.52. The summed E-state index contributed by atoms with van der Waals surface area (Å²) in [6.07, 6.45) is 3.12. The first-order valence-electron chi connectivity index (χ1n) is 8.48. The second-order valence-corrected chi connectivity index (χ2v) is 9.46. The molecular weight excluding hydrogens is 398 g/mol. The Morgan fingerprint density at radius 1 is 1.07 bits per heavy atom. The summed E-state index contributed by atoms with van der Waals surface area (Å²) < 4.78 is 27.9. The van der Waals surface area contributed by atoms with Gasteiger partial charge in [0.2, 0.25) is 0 Å². The van der Waals surface area contributed by atoms with Crippen molar-refractivity contribution < 1.29 is 22.7 Å². The minimum Gasteiger partial charge on any atom is -0.452 e. The van der Waals surface area contributed by atoms with Gasteiger partial charge in [0, 0.05) is 24.7 Å². The molecule has 0 fully saturated rings. The summed E-state index contributed by atoms with van der Waals surface area (Å²) in [7, 11) is -1.56. The number of benzene rings is 2. The minimum absolute atomic E-state index is 0.162. The van der Waals surface area contributed by atoms with Crippen LogP contribution in [-0.2, 0) is 31.7 Å². The molecule has 6 nitrogen and oxygen atoms in total. The second-order valence-electron chi connectivity index (χ2n) is 6.44. The summed E-state index contributed by atoms with van der Waals surface area (Å²) in [6, 6.07) is 14.1. The van der Waals surface area contributed by atoms with Gasteiger partial charge in [0.1, 0.15) is 0 Å². The highest BCUT2D eigenvalue weighted by atomic mass is 32.2. The SMILES string of the molecule is CSc1ccc(CN(C)C(=O)COC(=O)c2cccc(CS(C)(=O)=O)c2)cc1. The molecular formula is C20H23NO5S2. The van der Waals surface area contributed by atoms with Crippen molar-refractivity contribution in [2.45, 2.75) is 17.2 Å². The van der Waals surface area contributed by atoms with E-state index in [1.54, 1.807) is 30.9 Å². The molecule has 0 N–H and O–H groups in total. The molecule has 0 aliphatic rings. The molecule has 2 rings (SSSR count). The van der Waals surface area contributed by atoms with Crippen LogP contribution >= 0.6 is 11.8 Å². The summed E-state index contributed by atoms with van der Waals surface area (Å²) in [5.41, 5.74) is 1.69. The lowest BCUT2D eigenvalue weighted by molar-refractivity contribution is -0.133.